The zero-order chi connectivity index (χ0) is 16.3. The number of aryl methyl sites for hydroxylation is 1. The van der Waals surface area contributed by atoms with Crippen LogP contribution in [-0.2, 0) is 9.53 Å². The van der Waals surface area contributed by atoms with Crippen LogP contribution in [0.25, 0.3) is 0 Å². The van der Waals surface area contributed by atoms with Crippen LogP contribution in [0.1, 0.15) is 15.9 Å². The summed E-state index contributed by atoms with van der Waals surface area (Å²) >= 11 is 0. The number of carboxylic acids is 1. The molecule has 1 saturated heterocycles. The van der Waals surface area contributed by atoms with Gasteiger partial charge >= 0.3 is 5.97 Å². The van der Waals surface area contributed by atoms with E-state index >= 15 is 0 Å². The second-order valence-electron chi connectivity index (χ2n) is 4.95. The van der Waals surface area contributed by atoms with Crippen LogP contribution in [0, 0.1) is 6.92 Å². The van der Waals surface area contributed by atoms with Gasteiger partial charge in [0, 0.05) is 12.1 Å². The highest BCUT2D eigenvalue weighted by Gasteiger charge is 2.34. The van der Waals surface area contributed by atoms with Crippen LogP contribution >= 0.6 is 0 Å². The molecule has 0 bridgehead atoms. The predicted molar refractivity (Wildman–Crippen MR) is 77.6 cm³/mol. The van der Waals surface area contributed by atoms with Gasteiger partial charge in [0.25, 0.3) is 5.91 Å². The van der Waals surface area contributed by atoms with Gasteiger partial charge in [0.1, 0.15) is 0 Å². The molecule has 0 saturated carbocycles. The highest BCUT2D eigenvalue weighted by molar-refractivity contribution is 5.98. The summed E-state index contributed by atoms with van der Waals surface area (Å²) in [6.07, 6.45) is 0. The van der Waals surface area contributed by atoms with E-state index in [-0.39, 0.29) is 19.1 Å². The zero-order valence-electron chi connectivity index (χ0n) is 12.8. The molecule has 1 amide bonds. The van der Waals surface area contributed by atoms with Gasteiger partial charge < -0.3 is 24.2 Å². The lowest BCUT2D eigenvalue weighted by molar-refractivity contribution is -0.147. The SMILES string of the molecule is COc1cc(C)c(C(=O)N2CCOCC2C(=O)O)cc1OC. The van der Waals surface area contributed by atoms with Crippen molar-refractivity contribution in [2.45, 2.75) is 13.0 Å². The number of carbonyl (C=O) groups is 2. The van der Waals surface area contributed by atoms with E-state index in [4.69, 9.17) is 14.2 Å². The number of rotatable bonds is 4. The summed E-state index contributed by atoms with van der Waals surface area (Å²) in [6, 6.07) is 2.29. The van der Waals surface area contributed by atoms with Gasteiger partial charge in [0.05, 0.1) is 27.4 Å². The Morgan fingerprint density at radius 1 is 1.27 bits per heavy atom. The van der Waals surface area contributed by atoms with Gasteiger partial charge in [-0.05, 0) is 24.6 Å². The minimum absolute atomic E-state index is 0.00654. The first kappa shape index (κ1) is 16.1. The van der Waals surface area contributed by atoms with Crippen LogP contribution in [0.15, 0.2) is 12.1 Å². The zero-order valence-corrected chi connectivity index (χ0v) is 12.8. The number of benzene rings is 1. The van der Waals surface area contributed by atoms with E-state index < -0.39 is 12.0 Å². The van der Waals surface area contributed by atoms with Crippen LogP contribution < -0.4 is 9.47 Å². The first-order valence-electron chi connectivity index (χ1n) is 6.83. The highest BCUT2D eigenvalue weighted by Crippen LogP contribution is 2.31. The lowest BCUT2D eigenvalue weighted by atomic mass is 10.0. The first-order valence-corrected chi connectivity index (χ1v) is 6.83. The Labute approximate surface area is 128 Å². The van der Waals surface area contributed by atoms with Crippen molar-refractivity contribution >= 4 is 11.9 Å². The molecule has 1 unspecified atom stereocenters. The van der Waals surface area contributed by atoms with Gasteiger partial charge in [-0.15, -0.1) is 0 Å². The third-order valence-corrected chi connectivity index (χ3v) is 3.64. The van der Waals surface area contributed by atoms with Crippen molar-refractivity contribution < 1.29 is 28.9 Å². The molecule has 0 aliphatic carbocycles. The summed E-state index contributed by atoms with van der Waals surface area (Å²) in [6.45, 7) is 2.32. The Balaban J connectivity index is 2.37. The van der Waals surface area contributed by atoms with Crippen LogP contribution in [0.5, 0.6) is 11.5 Å². The van der Waals surface area contributed by atoms with Crippen molar-refractivity contribution in [2.75, 3.05) is 34.0 Å². The fourth-order valence-electron chi connectivity index (χ4n) is 2.42. The molecule has 22 heavy (non-hydrogen) atoms. The molecule has 7 heteroatoms. The maximum Gasteiger partial charge on any atom is 0.328 e. The quantitative estimate of drug-likeness (QED) is 0.891. The third-order valence-electron chi connectivity index (χ3n) is 3.64. The van der Waals surface area contributed by atoms with Crippen LogP contribution in [0.4, 0.5) is 0 Å². The maximum atomic E-state index is 12.7. The minimum atomic E-state index is -1.08. The van der Waals surface area contributed by atoms with Crippen molar-refractivity contribution in [3.63, 3.8) is 0 Å². The van der Waals surface area contributed by atoms with Gasteiger partial charge in [0.2, 0.25) is 0 Å². The van der Waals surface area contributed by atoms with E-state index in [9.17, 15) is 14.7 Å². The number of carbonyl (C=O) groups excluding carboxylic acids is 1. The molecule has 1 N–H and O–H groups in total. The van der Waals surface area contributed by atoms with E-state index in [1.807, 2.05) is 0 Å². The van der Waals surface area contributed by atoms with Gasteiger partial charge in [0.15, 0.2) is 17.5 Å². The number of hydrogen-bond donors (Lipinski definition) is 1. The molecular formula is C15H19NO6. The molecular weight excluding hydrogens is 290 g/mol. The van der Waals surface area contributed by atoms with E-state index in [1.165, 1.54) is 19.1 Å². The Morgan fingerprint density at radius 3 is 2.50 bits per heavy atom. The normalized spacial score (nSPS) is 18.0. The van der Waals surface area contributed by atoms with Gasteiger partial charge in [-0.2, -0.15) is 0 Å². The summed E-state index contributed by atoms with van der Waals surface area (Å²) < 4.78 is 15.6. The third kappa shape index (κ3) is 2.99. The van der Waals surface area contributed by atoms with E-state index in [1.54, 1.807) is 19.1 Å². The number of aliphatic carboxylic acids is 1. The van der Waals surface area contributed by atoms with E-state index in [0.717, 1.165) is 0 Å². The molecule has 7 nitrogen and oxygen atoms in total. The van der Waals surface area contributed by atoms with E-state index in [0.29, 0.717) is 29.2 Å². The molecule has 1 aliphatic heterocycles. The predicted octanol–water partition coefficient (Wildman–Crippen LogP) is 0.938. The Hall–Kier alpha value is -2.28. The molecule has 0 radical (unpaired) electrons. The van der Waals surface area contributed by atoms with Crippen molar-refractivity contribution in [1.82, 2.24) is 4.90 Å². The number of morpholine rings is 1. The largest absolute Gasteiger partial charge is 0.493 e. The standard InChI is InChI=1S/C15H19NO6/c1-9-6-12(20-2)13(21-3)7-10(9)14(17)16-4-5-22-8-11(16)15(18)19/h6-7,11H,4-5,8H2,1-3H3,(H,18,19). The molecule has 120 valence electrons. The molecule has 1 atom stereocenters. The molecule has 0 spiro atoms. The molecule has 1 aromatic rings. The van der Waals surface area contributed by atoms with Crippen molar-refractivity contribution in [1.29, 1.82) is 0 Å². The Kier molecular flexibility index (Phi) is 4.87. The smallest absolute Gasteiger partial charge is 0.328 e. The number of methoxy groups -OCH3 is 2. The fraction of sp³-hybridized carbons (Fsp3) is 0.467. The maximum absolute atomic E-state index is 12.7. The van der Waals surface area contributed by atoms with Gasteiger partial charge in [-0.25, -0.2) is 4.79 Å². The van der Waals surface area contributed by atoms with Gasteiger partial charge in [-0.1, -0.05) is 0 Å². The molecule has 2 rings (SSSR count). The number of nitrogens with zero attached hydrogens (tertiary/aromatic N) is 1. The summed E-state index contributed by atoms with van der Waals surface area (Å²) in [4.78, 5) is 25.3. The fourth-order valence-corrected chi connectivity index (χ4v) is 2.42. The molecule has 1 aromatic carbocycles. The van der Waals surface area contributed by atoms with Crippen molar-refractivity contribution in [3.05, 3.63) is 23.3 Å². The van der Waals surface area contributed by atoms with E-state index in [2.05, 4.69) is 0 Å². The highest BCUT2D eigenvalue weighted by atomic mass is 16.5. The molecule has 1 heterocycles. The number of ether oxygens (including phenoxy) is 3. The van der Waals surface area contributed by atoms with Crippen LogP contribution in [0.2, 0.25) is 0 Å². The van der Waals surface area contributed by atoms with Crippen LogP contribution in [0.3, 0.4) is 0 Å². The molecule has 1 fully saturated rings. The molecule has 0 aromatic heterocycles. The second-order valence-corrected chi connectivity index (χ2v) is 4.95. The lowest BCUT2D eigenvalue weighted by Crippen LogP contribution is -2.52. The monoisotopic (exact) mass is 309 g/mol. The number of amides is 1. The topological polar surface area (TPSA) is 85.3 Å². The minimum Gasteiger partial charge on any atom is -0.493 e. The first-order chi connectivity index (χ1) is 10.5. The average molecular weight is 309 g/mol. The summed E-state index contributed by atoms with van der Waals surface area (Å²) in [7, 11) is 3.00. The molecule has 1 aliphatic rings. The van der Waals surface area contributed by atoms with Crippen molar-refractivity contribution in [3.8, 4) is 11.5 Å². The van der Waals surface area contributed by atoms with Crippen LogP contribution in [-0.4, -0.2) is 61.9 Å². The number of carboxylic acid groups (broad SMARTS) is 1. The lowest BCUT2D eigenvalue weighted by Gasteiger charge is -2.33. The van der Waals surface area contributed by atoms with Gasteiger partial charge in [-0.3, -0.25) is 4.79 Å². The van der Waals surface area contributed by atoms with Crippen molar-refractivity contribution in [2.24, 2.45) is 0 Å². The summed E-state index contributed by atoms with van der Waals surface area (Å²) in [5.74, 6) is -0.481. The second kappa shape index (κ2) is 6.65. The summed E-state index contributed by atoms with van der Waals surface area (Å²) in [5.41, 5.74) is 1.09. The number of hydrogen-bond acceptors (Lipinski definition) is 5. The summed E-state index contributed by atoms with van der Waals surface area (Å²) in [5, 5.41) is 9.24. The Morgan fingerprint density at radius 2 is 1.91 bits per heavy atom. The Bertz CT molecular complexity index is 586. The average Bonchev–Trinajstić information content (AvgIpc) is 2.53.